The molecule has 0 fully saturated rings. The second-order valence-electron chi connectivity index (χ2n) is 3.96. The molecular formula is C13H19NO3S. The highest BCUT2D eigenvalue weighted by molar-refractivity contribution is 7.97. The number of hydrogen-bond acceptors (Lipinski definition) is 4. The van der Waals surface area contributed by atoms with Crippen molar-refractivity contribution in [2.75, 3.05) is 26.0 Å². The highest BCUT2D eigenvalue weighted by atomic mass is 32.2. The van der Waals surface area contributed by atoms with Crippen LogP contribution in [-0.4, -0.2) is 31.9 Å². The summed E-state index contributed by atoms with van der Waals surface area (Å²) in [5.41, 5.74) is 0.967. The number of thioether (sulfide) groups is 1. The van der Waals surface area contributed by atoms with Gasteiger partial charge in [-0.05, 0) is 25.3 Å². The van der Waals surface area contributed by atoms with Gasteiger partial charge in [-0.25, -0.2) is 0 Å². The molecule has 0 atom stereocenters. The van der Waals surface area contributed by atoms with Crippen LogP contribution in [-0.2, 0) is 10.5 Å². The Hall–Kier alpha value is -1.20. The second kappa shape index (κ2) is 8.00. The molecule has 0 saturated carbocycles. The third-order valence-electron chi connectivity index (χ3n) is 2.05. The van der Waals surface area contributed by atoms with Gasteiger partial charge in [-0.3, -0.25) is 4.79 Å². The third kappa shape index (κ3) is 5.42. The molecule has 1 N–H and O–H groups in total. The zero-order valence-electron chi connectivity index (χ0n) is 10.8. The molecular weight excluding hydrogens is 250 g/mol. The van der Waals surface area contributed by atoms with Gasteiger partial charge in [0.2, 0.25) is 0 Å². The van der Waals surface area contributed by atoms with E-state index in [2.05, 4.69) is 11.9 Å². The van der Waals surface area contributed by atoms with Gasteiger partial charge in [0, 0.05) is 6.54 Å². The summed E-state index contributed by atoms with van der Waals surface area (Å²) in [4.78, 5) is 11.7. The Bertz CT molecular complexity index is 401. The minimum Gasteiger partial charge on any atom is -0.455 e. The fourth-order valence-corrected chi connectivity index (χ4v) is 1.73. The SMILES string of the molecule is C=C(C)COCCNC(=O)c1ccc(CSC)o1. The number of furan rings is 1. The molecule has 0 aliphatic rings. The van der Waals surface area contributed by atoms with E-state index in [0.29, 0.717) is 25.5 Å². The second-order valence-corrected chi connectivity index (χ2v) is 4.83. The Morgan fingerprint density at radius 3 is 3.00 bits per heavy atom. The molecule has 0 unspecified atom stereocenters. The summed E-state index contributed by atoms with van der Waals surface area (Å²) in [7, 11) is 0. The van der Waals surface area contributed by atoms with Gasteiger partial charge in [0.15, 0.2) is 5.76 Å². The first-order chi connectivity index (χ1) is 8.63. The van der Waals surface area contributed by atoms with Crippen LogP contribution in [0.15, 0.2) is 28.7 Å². The number of ether oxygens (including phenoxy) is 1. The number of nitrogens with one attached hydrogen (secondary N) is 1. The van der Waals surface area contributed by atoms with Crippen LogP contribution < -0.4 is 5.32 Å². The molecule has 18 heavy (non-hydrogen) atoms. The van der Waals surface area contributed by atoms with Gasteiger partial charge in [-0.2, -0.15) is 11.8 Å². The summed E-state index contributed by atoms with van der Waals surface area (Å²) < 4.78 is 10.7. The first kappa shape index (κ1) is 14.9. The van der Waals surface area contributed by atoms with Gasteiger partial charge in [-0.1, -0.05) is 12.2 Å². The van der Waals surface area contributed by atoms with E-state index in [0.717, 1.165) is 17.1 Å². The van der Waals surface area contributed by atoms with Crippen LogP contribution in [0.25, 0.3) is 0 Å². The minimum atomic E-state index is -0.207. The summed E-state index contributed by atoms with van der Waals surface area (Å²) in [6, 6.07) is 3.51. The molecule has 0 aromatic carbocycles. The van der Waals surface area contributed by atoms with E-state index in [4.69, 9.17) is 9.15 Å². The maximum atomic E-state index is 11.7. The largest absolute Gasteiger partial charge is 0.455 e. The first-order valence-electron chi connectivity index (χ1n) is 5.71. The standard InChI is InChI=1S/C13H19NO3S/c1-10(2)8-16-7-6-14-13(15)12-5-4-11(17-12)9-18-3/h4-5H,1,6-9H2,2-3H3,(H,14,15). The van der Waals surface area contributed by atoms with Crippen molar-refractivity contribution < 1.29 is 13.9 Å². The van der Waals surface area contributed by atoms with Crippen LogP contribution in [0.2, 0.25) is 0 Å². The lowest BCUT2D eigenvalue weighted by Gasteiger charge is -2.04. The van der Waals surface area contributed by atoms with E-state index in [1.165, 1.54) is 0 Å². The van der Waals surface area contributed by atoms with Gasteiger partial charge < -0.3 is 14.5 Å². The fourth-order valence-electron chi connectivity index (χ4n) is 1.29. The Morgan fingerprint density at radius 2 is 2.33 bits per heavy atom. The Labute approximate surface area is 112 Å². The molecule has 1 aromatic heterocycles. The molecule has 0 saturated heterocycles. The topological polar surface area (TPSA) is 51.5 Å². The van der Waals surface area contributed by atoms with Crippen LogP contribution in [0, 0.1) is 0 Å². The summed E-state index contributed by atoms with van der Waals surface area (Å²) >= 11 is 1.65. The Balaban J connectivity index is 2.25. The molecule has 5 heteroatoms. The monoisotopic (exact) mass is 269 g/mol. The van der Waals surface area contributed by atoms with Crippen LogP contribution in [0.3, 0.4) is 0 Å². The van der Waals surface area contributed by atoms with Crippen molar-refractivity contribution in [1.29, 1.82) is 0 Å². The smallest absolute Gasteiger partial charge is 0.287 e. The molecule has 1 amide bonds. The highest BCUT2D eigenvalue weighted by Crippen LogP contribution is 2.13. The summed E-state index contributed by atoms with van der Waals surface area (Å²) in [6.45, 7) is 7.08. The van der Waals surface area contributed by atoms with Crippen molar-refractivity contribution >= 4 is 17.7 Å². The highest BCUT2D eigenvalue weighted by Gasteiger charge is 2.09. The molecule has 4 nitrogen and oxygen atoms in total. The van der Waals surface area contributed by atoms with Gasteiger partial charge >= 0.3 is 0 Å². The van der Waals surface area contributed by atoms with E-state index in [9.17, 15) is 4.79 Å². The number of carbonyl (C=O) groups excluding carboxylic acids is 1. The summed E-state index contributed by atoms with van der Waals surface area (Å²) in [5, 5.41) is 2.73. The molecule has 0 bridgehead atoms. The molecule has 100 valence electrons. The normalized spacial score (nSPS) is 10.3. The van der Waals surface area contributed by atoms with E-state index >= 15 is 0 Å². The minimum absolute atomic E-state index is 0.207. The number of carbonyl (C=O) groups is 1. The summed E-state index contributed by atoms with van der Waals surface area (Å²) in [6.07, 6.45) is 1.99. The van der Waals surface area contributed by atoms with Crippen molar-refractivity contribution in [2.24, 2.45) is 0 Å². The van der Waals surface area contributed by atoms with Crippen LogP contribution in [0.4, 0.5) is 0 Å². The first-order valence-corrected chi connectivity index (χ1v) is 7.11. The third-order valence-corrected chi connectivity index (χ3v) is 2.63. The number of hydrogen-bond donors (Lipinski definition) is 1. The zero-order chi connectivity index (χ0) is 13.4. The van der Waals surface area contributed by atoms with Gasteiger partial charge in [0.05, 0.1) is 19.0 Å². The number of amides is 1. The van der Waals surface area contributed by atoms with E-state index in [-0.39, 0.29) is 5.91 Å². The maximum Gasteiger partial charge on any atom is 0.287 e. The molecule has 0 spiro atoms. The van der Waals surface area contributed by atoms with E-state index < -0.39 is 0 Å². The number of rotatable bonds is 8. The van der Waals surface area contributed by atoms with Crippen LogP contribution in [0.1, 0.15) is 23.2 Å². The van der Waals surface area contributed by atoms with Crippen molar-refractivity contribution in [3.63, 3.8) is 0 Å². The average molecular weight is 269 g/mol. The molecule has 1 heterocycles. The Kier molecular flexibility index (Phi) is 6.60. The maximum absolute atomic E-state index is 11.7. The van der Waals surface area contributed by atoms with E-state index in [1.54, 1.807) is 17.8 Å². The van der Waals surface area contributed by atoms with E-state index in [1.807, 2.05) is 19.2 Å². The molecule has 1 aromatic rings. The van der Waals surface area contributed by atoms with Crippen molar-refractivity contribution in [3.8, 4) is 0 Å². The lowest BCUT2D eigenvalue weighted by Crippen LogP contribution is -2.27. The molecule has 1 rings (SSSR count). The molecule has 0 aliphatic heterocycles. The lowest BCUT2D eigenvalue weighted by atomic mass is 10.4. The van der Waals surface area contributed by atoms with Gasteiger partial charge in [0.25, 0.3) is 5.91 Å². The van der Waals surface area contributed by atoms with Crippen molar-refractivity contribution in [3.05, 3.63) is 35.8 Å². The predicted octanol–water partition coefficient (Wildman–Crippen LogP) is 2.47. The molecule has 0 radical (unpaired) electrons. The quantitative estimate of drug-likeness (QED) is 0.582. The fraction of sp³-hybridized carbons (Fsp3) is 0.462. The summed E-state index contributed by atoms with van der Waals surface area (Å²) in [5.74, 6) is 1.72. The lowest BCUT2D eigenvalue weighted by molar-refractivity contribution is 0.0898. The van der Waals surface area contributed by atoms with Crippen molar-refractivity contribution in [1.82, 2.24) is 5.32 Å². The zero-order valence-corrected chi connectivity index (χ0v) is 11.6. The van der Waals surface area contributed by atoms with Crippen LogP contribution >= 0.6 is 11.8 Å². The Morgan fingerprint density at radius 1 is 1.56 bits per heavy atom. The molecule has 0 aliphatic carbocycles. The van der Waals surface area contributed by atoms with Gasteiger partial charge in [-0.15, -0.1) is 0 Å². The van der Waals surface area contributed by atoms with Crippen LogP contribution in [0.5, 0.6) is 0 Å². The van der Waals surface area contributed by atoms with Gasteiger partial charge in [0.1, 0.15) is 5.76 Å². The average Bonchev–Trinajstić information content (AvgIpc) is 2.77. The van der Waals surface area contributed by atoms with Crippen molar-refractivity contribution in [2.45, 2.75) is 12.7 Å². The predicted molar refractivity (Wildman–Crippen MR) is 73.9 cm³/mol.